The Balaban J connectivity index is 2.50. The van der Waals surface area contributed by atoms with E-state index in [1.807, 2.05) is 0 Å². The average Bonchev–Trinajstić information content (AvgIpc) is 2.38. The standard InChI is InChI=1S/C12H26N2O2S/c1-11-10-14(7-5-6-13-11)8-9-17(15,16)12(2,3)4/h11,13H,5-10H2,1-4H3. The number of sulfone groups is 1. The second-order valence-electron chi connectivity index (χ2n) is 5.94. The molecule has 17 heavy (non-hydrogen) atoms. The van der Waals surface area contributed by atoms with Crippen LogP contribution in [0.25, 0.3) is 0 Å². The molecule has 0 spiro atoms. The highest BCUT2D eigenvalue weighted by molar-refractivity contribution is 7.92. The normalized spacial score (nSPS) is 24.6. The van der Waals surface area contributed by atoms with E-state index in [4.69, 9.17) is 0 Å². The summed E-state index contributed by atoms with van der Waals surface area (Å²) in [5, 5.41) is 3.41. The lowest BCUT2D eigenvalue weighted by Crippen LogP contribution is -2.40. The predicted octanol–water partition coefficient (Wildman–Crippen LogP) is 0.884. The minimum atomic E-state index is -2.99. The maximum Gasteiger partial charge on any atom is 0.156 e. The van der Waals surface area contributed by atoms with E-state index in [1.54, 1.807) is 20.8 Å². The Bertz CT molecular complexity index is 333. The fraction of sp³-hybridized carbons (Fsp3) is 1.00. The number of hydrogen-bond donors (Lipinski definition) is 1. The van der Waals surface area contributed by atoms with Gasteiger partial charge in [-0.05, 0) is 47.2 Å². The molecule has 0 aromatic carbocycles. The Kier molecular flexibility index (Phi) is 4.98. The average molecular weight is 262 g/mol. The summed E-state index contributed by atoms with van der Waals surface area (Å²) in [6, 6.07) is 0.454. The Morgan fingerprint density at radius 2 is 2.00 bits per heavy atom. The summed E-state index contributed by atoms with van der Waals surface area (Å²) >= 11 is 0. The lowest BCUT2D eigenvalue weighted by Gasteiger charge is -2.25. The van der Waals surface area contributed by atoms with Crippen molar-refractivity contribution in [2.45, 2.75) is 44.9 Å². The predicted molar refractivity (Wildman–Crippen MR) is 72.1 cm³/mol. The summed E-state index contributed by atoms with van der Waals surface area (Å²) in [4.78, 5) is 2.26. The van der Waals surface area contributed by atoms with E-state index in [2.05, 4.69) is 17.1 Å². The van der Waals surface area contributed by atoms with Gasteiger partial charge in [-0.1, -0.05) is 0 Å². The summed E-state index contributed by atoms with van der Waals surface area (Å²) in [6.45, 7) is 11.1. The zero-order chi connectivity index (χ0) is 13.1. The SMILES string of the molecule is CC1CN(CCS(=O)(=O)C(C)(C)C)CCCN1. The van der Waals surface area contributed by atoms with Crippen molar-refractivity contribution >= 4 is 9.84 Å². The maximum atomic E-state index is 12.0. The number of nitrogens with one attached hydrogen (secondary N) is 1. The Hall–Kier alpha value is -0.130. The van der Waals surface area contributed by atoms with E-state index in [-0.39, 0.29) is 5.75 Å². The molecular formula is C12H26N2O2S. The van der Waals surface area contributed by atoms with E-state index in [0.29, 0.717) is 12.6 Å². The van der Waals surface area contributed by atoms with Crippen molar-refractivity contribution in [2.75, 3.05) is 31.9 Å². The van der Waals surface area contributed by atoms with Crippen LogP contribution in [0.2, 0.25) is 0 Å². The highest BCUT2D eigenvalue weighted by atomic mass is 32.2. The van der Waals surface area contributed by atoms with E-state index < -0.39 is 14.6 Å². The van der Waals surface area contributed by atoms with Crippen LogP contribution in [0.5, 0.6) is 0 Å². The third-order valence-electron chi connectivity index (χ3n) is 3.29. The molecule has 1 atom stereocenters. The molecule has 0 amide bonds. The van der Waals surface area contributed by atoms with Gasteiger partial charge < -0.3 is 10.2 Å². The smallest absolute Gasteiger partial charge is 0.156 e. The zero-order valence-corrected chi connectivity index (χ0v) is 12.3. The summed E-state index contributed by atoms with van der Waals surface area (Å²) in [5.74, 6) is 0.267. The lowest BCUT2D eigenvalue weighted by atomic mass is 10.3. The van der Waals surface area contributed by atoms with Crippen LogP contribution in [0.4, 0.5) is 0 Å². The third-order valence-corrected chi connectivity index (χ3v) is 5.87. The van der Waals surface area contributed by atoms with Gasteiger partial charge in [0, 0.05) is 19.1 Å². The summed E-state index contributed by atoms with van der Waals surface area (Å²) in [7, 11) is -2.99. The van der Waals surface area contributed by atoms with Gasteiger partial charge in [0.25, 0.3) is 0 Å². The molecule has 102 valence electrons. The van der Waals surface area contributed by atoms with E-state index >= 15 is 0 Å². The second kappa shape index (κ2) is 5.67. The maximum absolute atomic E-state index is 12.0. The second-order valence-corrected chi connectivity index (χ2v) is 8.80. The van der Waals surface area contributed by atoms with E-state index in [9.17, 15) is 8.42 Å². The number of nitrogens with zero attached hydrogens (tertiary/aromatic N) is 1. The van der Waals surface area contributed by atoms with Crippen LogP contribution in [-0.4, -0.2) is 56.0 Å². The lowest BCUT2D eigenvalue weighted by molar-refractivity contribution is 0.287. The Morgan fingerprint density at radius 1 is 1.35 bits per heavy atom. The van der Waals surface area contributed by atoms with E-state index in [1.165, 1.54) is 0 Å². The van der Waals surface area contributed by atoms with Gasteiger partial charge in [0.2, 0.25) is 0 Å². The molecule has 0 aliphatic carbocycles. The highest BCUT2D eigenvalue weighted by Crippen LogP contribution is 2.16. The van der Waals surface area contributed by atoms with Gasteiger partial charge in [-0.15, -0.1) is 0 Å². The Morgan fingerprint density at radius 3 is 2.59 bits per heavy atom. The molecule has 5 heteroatoms. The molecule has 4 nitrogen and oxygen atoms in total. The summed E-state index contributed by atoms with van der Waals surface area (Å²) in [5.41, 5.74) is 0. The molecule has 1 heterocycles. The van der Waals surface area contributed by atoms with Crippen molar-refractivity contribution in [3.8, 4) is 0 Å². The molecular weight excluding hydrogens is 236 g/mol. The first-order chi connectivity index (χ1) is 7.72. The first kappa shape index (κ1) is 14.9. The van der Waals surface area contributed by atoms with Gasteiger partial charge in [-0.3, -0.25) is 0 Å². The molecule has 0 aromatic heterocycles. The quantitative estimate of drug-likeness (QED) is 0.820. The largest absolute Gasteiger partial charge is 0.313 e. The van der Waals surface area contributed by atoms with E-state index in [0.717, 1.165) is 26.1 Å². The first-order valence-corrected chi connectivity index (χ1v) is 8.05. The van der Waals surface area contributed by atoms with Crippen molar-refractivity contribution in [3.63, 3.8) is 0 Å². The third kappa shape index (κ3) is 4.56. The monoisotopic (exact) mass is 262 g/mol. The minimum absolute atomic E-state index is 0.267. The van der Waals surface area contributed by atoms with Crippen molar-refractivity contribution in [2.24, 2.45) is 0 Å². The molecule has 0 saturated carbocycles. The Labute approximate surface area is 106 Å². The van der Waals surface area contributed by atoms with Crippen LogP contribution < -0.4 is 5.32 Å². The first-order valence-electron chi connectivity index (χ1n) is 6.40. The molecule has 1 saturated heterocycles. The van der Waals surface area contributed by atoms with Crippen LogP contribution >= 0.6 is 0 Å². The molecule has 1 N–H and O–H groups in total. The van der Waals surface area contributed by atoms with Crippen LogP contribution in [0.1, 0.15) is 34.1 Å². The molecule has 0 radical (unpaired) electrons. The van der Waals surface area contributed by atoms with Crippen molar-refractivity contribution in [1.82, 2.24) is 10.2 Å². The van der Waals surface area contributed by atoms with Gasteiger partial charge >= 0.3 is 0 Å². The molecule has 1 aliphatic rings. The van der Waals surface area contributed by atoms with Gasteiger partial charge in [-0.2, -0.15) is 0 Å². The van der Waals surface area contributed by atoms with Crippen LogP contribution in [0, 0.1) is 0 Å². The molecule has 0 bridgehead atoms. The van der Waals surface area contributed by atoms with Crippen molar-refractivity contribution in [3.05, 3.63) is 0 Å². The summed E-state index contributed by atoms with van der Waals surface area (Å²) in [6.07, 6.45) is 1.10. The van der Waals surface area contributed by atoms with Gasteiger partial charge in [0.15, 0.2) is 9.84 Å². The highest BCUT2D eigenvalue weighted by Gasteiger charge is 2.29. The molecule has 0 aromatic rings. The zero-order valence-electron chi connectivity index (χ0n) is 11.5. The fourth-order valence-electron chi connectivity index (χ4n) is 1.95. The molecule has 1 fully saturated rings. The number of rotatable bonds is 3. The van der Waals surface area contributed by atoms with Gasteiger partial charge in [-0.25, -0.2) is 8.42 Å². The van der Waals surface area contributed by atoms with Crippen LogP contribution in [-0.2, 0) is 9.84 Å². The summed E-state index contributed by atoms with van der Waals surface area (Å²) < 4.78 is 23.4. The van der Waals surface area contributed by atoms with Gasteiger partial charge in [0.1, 0.15) is 0 Å². The van der Waals surface area contributed by atoms with Crippen molar-refractivity contribution < 1.29 is 8.42 Å². The molecule has 1 unspecified atom stereocenters. The van der Waals surface area contributed by atoms with Crippen LogP contribution in [0.15, 0.2) is 0 Å². The van der Waals surface area contributed by atoms with Gasteiger partial charge in [0.05, 0.1) is 10.5 Å². The fourth-order valence-corrected chi connectivity index (χ4v) is 3.06. The molecule has 1 rings (SSSR count). The van der Waals surface area contributed by atoms with Crippen LogP contribution in [0.3, 0.4) is 0 Å². The molecule has 1 aliphatic heterocycles. The number of hydrogen-bond acceptors (Lipinski definition) is 4. The topological polar surface area (TPSA) is 49.4 Å². The minimum Gasteiger partial charge on any atom is -0.313 e. The van der Waals surface area contributed by atoms with Crippen molar-refractivity contribution in [1.29, 1.82) is 0 Å².